The van der Waals surface area contributed by atoms with E-state index < -0.39 is 0 Å². The van der Waals surface area contributed by atoms with Crippen molar-refractivity contribution in [2.75, 3.05) is 13.1 Å². The molecule has 0 bridgehead atoms. The molecule has 0 aromatic rings. The molecule has 1 N–H and O–H groups in total. The van der Waals surface area contributed by atoms with Gasteiger partial charge in [0.1, 0.15) is 0 Å². The van der Waals surface area contributed by atoms with Crippen molar-refractivity contribution < 1.29 is 0 Å². The minimum Gasteiger partial charge on any atom is -0.313 e. The van der Waals surface area contributed by atoms with Crippen molar-refractivity contribution in [2.24, 2.45) is 5.92 Å². The van der Waals surface area contributed by atoms with Crippen molar-refractivity contribution in [3.05, 3.63) is 0 Å². The third-order valence-electron chi connectivity index (χ3n) is 4.99. The molecule has 0 aromatic carbocycles. The molecule has 0 saturated carbocycles. The number of nitrogens with zero attached hydrogens (tertiary/aromatic N) is 1. The number of hydrogen-bond acceptors (Lipinski definition) is 2. The predicted octanol–water partition coefficient (Wildman–Crippen LogP) is 3.03. The molecule has 2 nitrogen and oxygen atoms in total. The molecule has 2 aliphatic rings. The van der Waals surface area contributed by atoms with Crippen molar-refractivity contribution in [2.45, 2.75) is 77.4 Å². The van der Waals surface area contributed by atoms with Crippen LogP contribution < -0.4 is 5.32 Å². The monoisotopic (exact) mass is 238 g/mol. The molecule has 2 aliphatic heterocycles. The lowest BCUT2D eigenvalue weighted by atomic mass is 9.89. The van der Waals surface area contributed by atoms with Gasteiger partial charge in [-0.25, -0.2) is 0 Å². The van der Waals surface area contributed by atoms with Crippen LogP contribution in [0.5, 0.6) is 0 Å². The average Bonchev–Trinajstić information content (AvgIpc) is 2.34. The SMILES string of the molecule is CCC1CCNC(CN2[C@H](C)CCC[C@@H]2C)C1. The minimum absolute atomic E-state index is 0.747. The van der Waals surface area contributed by atoms with Gasteiger partial charge in [0.2, 0.25) is 0 Å². The minimum atomic E-state index is 0.747. The molecule has 2 heterocycles. The lowest BCUT2D eigenvalue weighted by Crippen LogP contribution is -2.52. The topological polar surface area (TPSA) is 15.3 Å². The van der Waals surface area contributed by atoms with Crippen LogP contribution in [0.3, 0.4) is 0 Å². The average molecular weight is 238 g/mol. The molecule has 0 amide bonds. The molecule has 2 heteroatoms. The highest BCUT2D eigenvalue weighted by atomic mass is 15.2. The van der Waals surface area contributed by atoms with E-state index in [2.05, 4.69) is 31.0 Å². The Morgan fingerprint density at radius 2 is 1.82 bits per heavy atom. The number of hydrogen-bond donors (Lipinski definition) is 1. The van der Waals surface area contributed by atoms with E-state index >= 15 is 0 Å². The first-order valence-corrected chi connectivity index (χ1v) is 7.69. The summed E-state index contributed by atoms with van der Waals surface area (Å²) in [6.45, 7) is 9.68. The Bertz CT molecular complexity index is 219. The van der Waals surface area contributed by atoms with Gasteiger partial charge < -0.3 is 5.32 Å². The van der Waals surface area contributed by atoms with Gasteiger partial charge in [-0.2, -0.15) is 0 Å². The molecule has 2 rings (SSSR count). The first-order valence-electron chi connectivity index (χ1n) is 7.69. The zero-order chi connectivity index (χ0) is 12.3. The fraction of sp³-hybridized carbons (Fsp3) is 1.00. The maximum atomic E-state index is 3.73. The largest absolute Gasteiger partial charge is 0.313 e. The highest BCUT2D eigenvalue weighted by Crippen LogP contribution is 2.25. The Kier molecular flexibility index (Phi) is 4.87. The highest BCUT2D eigenvalue weighted by molar-refractivity contribution is 4.86. The van der Waals surface area contributed by atoms with Gasteiger partial charge in [-0.05, 0) is 52.0 Å². The second kappa shape index (κ2) is 6.19. The number of likely N-dealkylation sites (tertiary alicyclic amines) is 1. The molecular weight excluding hydrogens is 208 g/mol. The summed E-state index contributed by atoms with van der Waals surface area (Å²) in [7, 11) is 0. The summed E-state index contributed by atoms with van der Waals surface area (Å²) in [6, 6.07) is 2.34. The fourth-order valence-electron chi connectivity index (χ4n) is 3.69. The summed E-state index contributed by atoms with van der Waals surface area (Å²) in [5.41, 5.74) is 0. The van der Waals surface area contributed by atoms with E-state index in [1.807, 2.05) is 0 Å². The first-order chi connectivity index (χ1) is 8.20. The number of piperidine rings is 2. The lowest BCUT2D eigenvalue weighted by molar-refractivity contribution is 0.0811. The van der Waals surface area contributed by atoms with Crippen molar-refractivity contribution in [3.8, 4) is 0 Å². The summed E-state index contributed by atoms with van der Waals surface area (Å²) in [6.07, 6.45) is 8.37. The molecule has 2 saturated heterocycles. The maximum Gasteiger partial charge on any atom is 0.0197 e. The molecule has 0 spiro atoms. The van der Waals surface area contributed by atoms with Crippen LogP contribution in [-0.2, 0) is 0 Å². The van der Waals surface area contributed by atoms with Crippen molar-refractivity contribution in [3.63, 3.8) is 0 Å². The third-order valence-corrected chi connectivity index (χ3v) is 4.99. The van der Waals surface area contributed by atoms with Gasteiger partial charge in [0.15, 0.2) is 0 Å². The molecule has 0 radical (unpaired) electrons. The molecule has 2 unspecified atom stereocenters. The van der Waals surface area contributed by atoms with E-state index in [0.717, 1.165) is 24.0 Å². The Hall–Kier alpha value is -0.0800. The van der Waals surface area contributed by atoms with E-state index in [0.29, 0.717) is 0 Å². The molecule has 4 atom stereocenters. The summed E-state index contributed by atoms with van der Waals surface area (Å²) in [5, 5.41) is 3.73. The van der Waals surface area contributed by atoms with Crippen LogP contribution in [0.25, 0.3) is 0 Å². The molecule has 17 heavy (non-hydrogen) atoms. The molecule has 100 valence electrons. The van der Waals surface area contributed by atoms with Crippen LogP contribution in [-0.4, -0.2) is 36.1 Å². The van der Waals surface area contributed by atoms with E-state index in [4.69, 9.17) is 0 Å². The predicted molar refractivity (Wildman–Crippen MR) is 74.3 cm³/mol. The van der Waals surface area contributed by atoms with Gasteiger partial charge in [0, 0.05) is 24.7 Å². The normalized spacial score (nSPS) is 40.4. The summed E-state index contributed by atoms with van der Waals surface area (Å²) >= 11 is 0. The van der Waals surface area contributed by atoms with Gasteiger partial charge in [-0.1, -0.05) is 19.8 Å². The van der Waals surface area contributed by atoms with Crippen LogP contribution in [0.1, 0.15) is 59.3 Å². The maximum absolute atomic E-state index is 3.73. The van der Waals surface area contributed by atoms with Crippen LogP contribution in [0.15, 0.2) is 0 Å². The van der Waals surface area contributed by atoms with Gasteiger partial charge in [0.25, 0.3) is 0 Å². The van der Waals surface area contributed by atoms with Gasteiger partial charge >= 0.3 is 0 Å². The van der Waals surface area contributed by atoms with Crippen LogP contribution in [0, 0.1) is 5.92 Å². The van der Waals surface area contributed by atoms with Crippen molar-refractivity contribution in [1.29, 1.82) is 0 Å². The van der Waals surface area contributed by atoms with Crippen molar-refractivity contribution in [1.82, 2.24) is 10.2 Å². The smallest absolute Gasteiger partial charge is 0.0197 e. The summed E-state index contributed by atoms with van der Waals surface area (Å²) in [4.78, 5) is 2.75. The molecular formula is C15H30N2. The van der Waals surface area contributed by atoms with Crippen molar-refractivity contribution >= 4 is 0 Å². The van der Waals surface area contributed by atoms with Gasteiger partial charge in [-0.3, -0.25) is 4.90 Å². The summed E-state index contributed by atoms with van der Waals surface area (Å²) in [5.74, 6) is 0.969. The fourth-order valence-corrected chi connectivity index (χ4v) is 3.69. The van der Waals surface area contributed by atoms with E-state index in [-0.39, 0.29) is 0 Å². The summed E-state index contributed by atoms with van der Waals surface area (Å²) < 4.78 is 0. The Labute approximate surface area is 107 Å². The van der Waals surface area contributed by atoms with Gasteiger partial charge in [0.05, 0.1) is 0 Å². The standard InChI is InChI=1S/C15H30N2/c1-4-14-8-9-16-15(10-14)11-17-12(2)6-5-7-13(17)3/h12-16H,4-11H2,1-3H3/t12-,13+,14?,15?. The number of rotatable bonds is 3. The Morgan fingerprint density at radius 1 is 1.12 bits per heavy atom. The van der Waals surface area contributed by atoms with E-state index in [1.165, 1.54) is 51.6 Å². The first kappa shape index (κ1) is 13.4. The van der Waals surface area contributed by atoms with Crippen LogP contribution in [0.4, 0.5) is 0 Å². The highest BCUT2D eigenvalue weighted by Gasteiger charge is 2.29. The van der Waals surface area contributed by atoms with Gasteiger partial charge in [-0.15, -0.1) is 0 Å². The second-order valence-electron chi connectivity index (χ2n) is 6.28. The zero-order valence-corrected chi connectivity index (χ0v) is 11.9. The quantitative estimate of drug-likeness (QED) is 0.813. The van der Waals surface area contributed by atoms with E-state index in [1.54, 1.807) is 0 Å². The second-order valence-corrected chi connectivity index (χ2v) is 6.28. The number of nitrogens with one attached hydrogen (secondary N) is 1. The zero-order valence-electron chi connectivity index (χ0n) is 11.9. The Balaban J connectivity index is 1.86. The third kappa shape index (κ3) is 3.45. The van der Waals surface area contributed by atoms with E-state index in [9.17, 15) is 0 Å². The molecule has 2 fully saturated rings. The Morgan fingerprint density at radius 3 is 2.47 bits per heavy atom. The lowest BCUT2D eigenvalue weighted by Gasteiger charge is -2.42. The molecule has 0 aromatic heterocycles. The van der Waals surface area contributed by atoms with Crippen LogP contribution >= 0.6 is 0 Å². The van der Waals surface area contributed by atoms with Crippen LogP contribution in [0.2, 0.25) is 0 Å². The molecule has 0 aliphatic carbocycles.